The van der Waals surface area contributed by atoms with Crippen molar-refractivity contribution in [1.82, 2.24) is 15.6 Å². The molecule has 0 spiro atoms. The average Bonchev–Trinajstić information content (AvgIpc) is 3.00. The Labute approximate surface area is 121 Å². The quantitative estimate of drug-likeness (QED) is 0.457. The molecule has 0 saturated heterocycles. The number of carbonyl (C=O) groups is 1. The fraction of sp³-hybridized carbons (Fsp3) is 0.308. The van der Waals surface area contributed by atoms with Crippen LogP contribution >= 0.6 is 0 Å². The minimum Gasteiger partial charge on any atom is -0.493 e. The van der Waals surface area contributed by atoms with Crippen molar-refractivity contribution in [1.29, 1.82) is 0 Å². The fourth-order valence-corrected chi connectivity index (χ4v) is 1.74. The van der Waals surface area contributed by atoms with E-state index < -0.39 is 0 Å². The molecule has 8 nitrogen and oxygen atoms in total. The van der Waals surface area contributed by atoms with Gasteiger partial charge >= 0.3 is 0 Å². The Morgan fingerprint density at radius 3 is 2.76 bits per heavy atom. The summed E-state index contributed by atoms with van der Waals surface area (Å²) in [5, 5.41) is 3.88. The van der Waals surface area contributed by atoms with Crippen LogP contribution in [0.25, 0.3) is 11.4 Å². The monoisotopic (exact) mass is 292 g/mol. The van der Waals surface area contributed by atoms with Crippen molar-refractivity contribution in [3.8, 4) is 22.9 Å². The van der Waals surface area contributed by atoms with E-state index in [2.05, 4.69) is 10.1 Å². The molecule has 0 unspecified atom stereocenters. The Kier molecular flexibility index (Phi) is 4.72. The lowest BCUT2D eigenvalue weighted by molar-refractivity contribution is -0.121. The Morgan fingerprint density at radius 1 is 1.33 bits per heavy atom. The number of nitrogens with zero attached hydrogens (tertiary/aromatic N) is 2. The van der Waals surface area contributed by atoms with Crippen LogP contribution in [0.2, 0.25) is 0 Å². The van der Waals surface area contributed by atoms with Crippen molar-refractivity contribution in [2.45, 2.75) is 12.8 Å². The number of rotatable bonds is 6. The number of hydrazine groups is 1. The van der Waals surface area contributed by atoms with E-state index in [1.54, 1.807) is 32.4 Å². The first kappa shape index (κ1) is 14.8. The first-order valence-corrected chi connectivity index (χ1v) is 6.22. The molecule has 21 heavy (non-hydrogen) atoms. The molecule has 0 bridgehead atoms. The first-order valence-electron chi connectivity index (χ1n) is 6.22. The summed E-state index contributed by atoms with van der Waals surface area (Å²) in [4.78, 5) is 15.3. The number of aryl methyl sites for hydroxylation is 1. The second kappa shape index (κ2) is 6.71. The van der Waals surface area contributed by atoms with Crippen molar-refractivity contribution in [3.63, 3.8) is 0 Å². The van der Waals surface area contributed by atoms with E-state index in [0.717, 1.165) is 5.56 Å². The SMILES string of the molecule is COc1ccc(-c2noc(CCC(=O)NN)n2)cc1OC. The lowest BCUT2D eigenvalue weighted by atomic mass is 10.2. The highest BCUT2D eigenvalue weighted by Gasteiger charge is 2.12. The Bertz CT molecular complexity index is 626. The molecule has 2 aromatic rings. The molecule has 3 N–H and O–H groups in total. The number of methoxy groups -OCH3 is 2. The molecule has 2 rings (SSSR count). The molecule has 0 fully saturated rings. The number of amides is 1. The van der Waals surface area contributed by atoms with Gasteiger partial charge in [-0.2, -0.15) is 4.98 Å². The van der Waals surface area contributed by atoms with Crippen LogP contribution in [0.5, 0.6) is 11.5 Å². The number of carbonyl (C=O) groups excluding carboxylic acids is 1. The number of nitrogens with one attached hydrogen (secondary N) is 1. The third-order valence-corrected chi connectivity index (χ3v) is 2.84. The zero-order valence-corrected chi connectivity index (χ0v) is 11.8. The maximum atomic E-state index is 11.1. The molecule has 8 heteroatoms. The van der Waals surface area contributed by atoms with Crippen LogP contribution in [0.1, 0.15) is 12.3 Å². The molecule has 112 valence electrons. The van der Waals surface area contributed by atoms with Gasteiger partial charge in [0.05, 0.1) is 14.2 Å². The Morgan fingerprint density at radius 2 is 2.10 bits per heavy atom. The fourth-order valence-electron chi connectivity index (χ4n) is 1.74. The van der Waals surface area contributed by atoms with Crippen LogP contribution in [-0.2, 0) is 11.2 Å². The highest BCUT2D eigenvalue weighted by Crippen LogP contribution is 2.31. The Balaban J connectivity index is 2.15. The molecule has 0 saturated carbocycles. The number of nitrogens with two attached hydrogens (primary N) is 1. The van der Waals surface area contributed by atoms with Gasteiger partial charge in [0, 0.05) is 18.4 Å². The van der Waals surface area contributed by atoms with E-state index >= 15 is 0 Å². The Hall–Kier alpha value is -2.61. The predicted molar refractivity (Wildman–Crippen MR) is 73.5 cm³/mol. The second-order valence-corrected chi connectivity index (χ2v) is 4.15. The van der Waals surface area contributed by atoms with Crippen molar-refractivity contribution >= 4 is 5.91 Å². The number of ether oxygens (including phenoxy) is 2. The number of aromatic nitrogens is 2. The molecule has 1 heterocycles. The van der Waals surface area contributed by atoms with Gasteiger partial charge in [-0.05, 0) is 18.2 Å². The van der Waals surface area contributed by atoms with E-state index in [1.807, 2.05) is 5.43 Å². The maximum Gasteiger partial charge on any atom is 0.234 e. The standard InChI is InChI=1S/C13H16N4O4/c1-19-9-4-3-8(7-10(9)20-2)13-15-12(21-17-13)6-5-11(18)16-14/h3-4,7H,5-6,14H2,1-2H3,(H,16,18). The van der Waals surface area contributed by atoms with E-state index in [0.29, 0.717) is 29.6 Å². The topological polar surface area (TPSA) is 112 Å². The van der Waals surface area contributed by atoms with Crippen LogP contribution in [0.4, 0.5) is 0 Å². The molecule has 0 atom stereocenters. The van der Waals surface area contributed by atoms with Crippen molar-refractivity contribution < 1.29 is 18.8 Å². The molecule has 1 amide bonds. The van der Waals surface area contributed by atoms with Gasteiger partial charge < -0.3 is 14.0 Å². The molecule has 1 aromatic heterocycles. The molecule has 0 aliphatic heterocycles. The molecule has 0 aliphatic rings. The number of hydrogen-bond acceptors (Lipinski definition) is 7. The van der Waals surface area contributed by atoms with Gasteiger partial charge in [-0.3, -0.25) is 10.2 Å². The summed E-state index contributed by atoms with van der Waals surface area (Å²) in [6, 6.07) is 5.30. The normalized spacial score (nSPS) is 10.2. The minimum atomic E-state index is -0.291. The van der Waals surface area contributed by atoms with Crippen LogP contribution in [-0.4, -0.2) is 30.3 Å². The van der Waals surface area contributed by atoms with Gasteiger partial charge in [-0.15, -0.1) is 0 Å². The summed E-state index contributed by atoms with van der Waals surface area (Å²) in [5.74, 6) is 6.68. The van der Waals surface area contributed by atoms with Gasteiger partial charge in [-0.25, -0.2) is 5.84 Å². The summed E-state index contributed by atoms with van der Waals surface area (Å²) in [5.41, 5.74) is 2.77. The van der Waals surface area contributed by atoms with Gasteiger partial charge in [0.2, 0.25) is 17.6 Å². The molecular weight excluding hydrogens is 276 g/mol. The average molecular weight is 292 g/mol. The van der Waals surface area contributed by atoms with E-state index in [1.165, 1.54) is 0 Å². The minimum absolute atomic E-state index is 0.185. The van der Waals surface area contributed by atoms with Gasteiger partial charge in [0.25, 0.3) is 0 Å². The van der Waals surface area contributed by atoms with Gasteiger partial charge in [0.1, 0.15) is 0 Å². The zero-order chi connectivity index (χ0) is 15.2. The van der Waals surface area contributed by atoms with Gasteiger partial charge in [0.15, 0.2) is 11.5 Å². The zero-order valence-electron chi connectivity index (χ0n) is 11.8. The van der Waals surface area contributed by atoms with E-state index in [-0.39, 0.29) is 12.3 Å². The van der Waals surface area contributed by atoms with Crippen molar-refractivity contribution in [2.24, 2.45) is 5.84 Å². The highest BCUT2D eigenvalue weighted by molar-refractivity contribution is 5.75. The first-order chi connectivity index (χ1) is 10.2. The van der Waals surface area contributed by atoms with Crippen LogP contribution in [0.3, 0.4) is 0 Å². The highest BCUT2D eigenvalue weighted by atomic mass is 16.5. The smallest absolute Gasteiger partial charge is 0.234 e. The summed E-state index contributed by atoms with van der Waals surface area (Å²) < 4.78 is 15.5. The summed E-state index contributed by atoms with van der Waals surface area (Å²) in [6.45, 7) is 0. The van der Waals surface area contributed by atoms with Crippen LogP contribution in [0, 0.1) is 0 Å². The number of hydrogen-bond donors (Lipinski definition) is 2. The summed E-state index contributed by atoms with van der Waals surface area (Å²) in [6.07, 6.45) is 0.507. The van der Waals surface area contributed by atoms with Crippen molar-refractivity contribution in [2.75, 3.05) is 14.2 Å². The largest absolute Gasteiger partial charge is 0.493 e. The van der Waals surface area contributed by atoms with Gasteiger partial charge in [-0.1, -0.05) is 5.16 Å². The molecule has 1 aromatic carbocycles. The number of benzene rings is 1. The lowest BCUT2D eigenvalue weighted by Gasteiger charge is -2.07. The van der Waals surface area contributed by atoms with Crippen LogP contribution < -0.4 is 20.7 Å². The molecule has 0 radical (unpaired) electrons. The summed E-state index contributed by atoms with van der Waals surface area (Å²) >= 11 is 0. The van der Waals surface area contributed by atoms with E-state index in [9.17, 15) is 4.79 Å². The second-order valence-electron chi connectivity index (χ2n) is 4.15. The third-order valence-electron chi connectivity index (χ3n) is 2.84. The third kappa shape index (κ3) is 3.48. The van der Waals surface area contributed by atoms with Crippen LogP contribution in [0.15, 0.2) is 22.7 Å². The summed E-state index contributed by atoms with van der Waals surface area (Å²) in [7, 11) is 3.11. The molecular formula is C13H16N4O4. The lowest BCUT2D eigenvalue weighted by Crippen LogP contribution is -2.30. The maximum absolute atomic E-state index is 11.1. The van der Waals surface area contributed by atoms with Crippen molar-refractivity contribution in [3.05, 3.63) is 24.1 Å². The molecule has 0 aliphatic carbocycles. The van der Waals surface area contributed by atoms with E-state index in [4.69, 9.17) is 19.8 Å². The predicted octanol–water partition coefficient (Wildman–Crippen LogP) is 0.676.